The molecule has 2 rings (SSSR count). The van der Waals surface area contributed by atoms with Crippen molar-refractivity contribution in [2.24, 2.45) is 0 Å². The van der Waals surface area contributed by atoms with Crippen molar-refractivity contribution in [1.29, 1.82) is 0 Å². The number of nitrogens with one attached hydrogen (secondary N) is 1. The zero-order valence-corrected chi connectivity index (χ0v) is 14.6. The molecule has 128 valence electrons. The molecule has 0 fully saturated rings. The van der Waals surface area contributed by atoms with Gasteiger partial charge in [-0.25, -0.2) is 9.97 Å². The Bertz CT molecular complexity index is 667. The van der Waals surface area contributed by atoms with Gasteiger partial charge in [-0.1, -0.05) is 11.8 Å². The highest BCUT2D eigenvalue weighted by Crippen LogP contribution is 2.19. The highest BCUT2D eigenvalue weighted by atomic mass is 32.2. The van der Waals surface area contributed by atoms with Crippen LogP contribution < -0.4 is 21.7 Å². The number of nitrogens with zero attached hydrogens (tertiary/aromatic N) is 3. The van der Waals surface area contributed by atoms with Gasteiger partial charge in [0.15, 0.2) is 5.16 Å². The summed E-state index contributed by atoms with van der Waals surface area (Å²) < 4.78 is 0. The van der Waals surface area contributed by atoms with E-state index in [2.05, 4.69) is 34.0 Å². The summed E-state index contributed by atoms with van der Waals surface area (Å²) in [5.41, 5.74) is 13.1. The van der Waals surface area contributed by atoms with Crippen LogP contribution in [-0.2, 0) is 4.79 Å². The van der Waals surface area contributed by atoms with Crippen LogP contribution in [0.5, 0.6) is 0 Å². The molecule has 1 heterocycles. The molecule has 1 aromatic heterocycles. The lowest BCUT2D eigenvalue weighted by Crippen LogP contribution is -2.21. The summed E-state index contributed by atoms with van der Waals surface area (Å²) in [5, 5.41) is 3.24. The number of rotatable bonds is 7. The molecule has 1 amide bonds. The summed E-state index contributed by atoms with van der Waals surface area (Å²) in [4.78, 5) is 22.3. The first-order valence-electron chi connectivity index (χ1n) is 7.69. The lowest BCUT2D eigenvalue weighted by Gasteiger charge is -2.21. The third kappa shape index (κ3) is 5.02. The van der Waals surface area contributed by atoms with Crippen molar-refractivity contribution in [2.45, 2.75) is 19.0 Å². The first-order valence-corrected chi connectivity index (χ1v) is 8.68. The molecule has 8 heteroatoms. The Labute approximate surface area is 145 Å². The molecule has 5 N–H and O–H groups in total. The summed E-state index contributed by atoms with van der Waals surface area (Å²) in [7, 11) is 0. The van der Waals surface area contributed by atoms with Crippen LogP contribution in [0, 0.1) is 0 Å². The first kappa shape index (κ1) is 17.9. The molecule has 0 bridgehead atoms. The van der Waals surface area contributed by atoms with Crippen molar-refractivity contribution in [3.05, 3.63) is 30.3 Å². The smallest absolute Gasteiger partial charge is 0.234 e. The minimum Gasteiger partial charge on any atom is -0.383 e. The predicted molar refractivity (Wildman–Crippen MR) is 100 cm³/mol. The van der Waals surface area contributed by atoms with E-state index in [1.165, 1.54) is 17.8 Å². The third-order valence-electron chi connectivity index (χ3n) is 3.36. The Morgan fingerprint density at radius 3 is 2.25 bits per heavy atom. The van der Waals surface area contributed by atoms with Gasteiger partial charge in [-0.2, -0.15) is 0 Å². The lowest BCUT2D eigenvalue weighted by molar-refractivity contribution is -0.113. The van der Waals surface area contributed by atoms with Crippen molar-refractivity contribution < 1.29 is 4.79 Å². The largest absolute Gasteiger partial charge is 0.383 e. The van der Waals surface area contributed by atoms with Crippen LogP contribution in [0.25, 0.3) is 0 Å². The van der Waals surface area contributed by atoms with E-state index in [0.29, 0.717) is 5.16 Å². The normalized spacial score (nSPS) is 10.4. The van der Waals surface area contributed by atoms with Gasteiger partial charge in [0.05, 0.1) is 5.75 Å². The maximum absolute atomic E-state index is 12.0. The average Bonchev–Trinajstić information content (AvgIpc) is 2.55. The third-order valence-corrected chi connectivity index (χ3v) is 4.20. The van der Waals surface area contributed by atoms with Crippen LogP contribution in [0.1, 0.15) is 13.8 Å². The molecule has 0 saturated carbocycles. The highest BCUT2D eigenvalue weighted by Gasteiger charge is 2.08. The molecule has 7 nitrogen and oxygen atoms in total. The van der Waals surface area contributed by atoms with Gasteiger partial charge in [0.1, 0.15) is 11.6 Å². The average molecular weight is 346 g/mol. The number of benzene rings is 1. The van der Waals surface area contributed by atoms with Gasteiger partial charge in [0.25, 0.3) is 0 Å². The molecule has 0 aliphatic heterocycles. The number of carbonyl (C=O) groups is 1. The number of amides is 1. The number of hydrogen-bond acceptors (Lipinski definition) is 7. The summed E-state index contributed by atoms with van der Waals surface area (Å²) in [6.45, 7) is 6.12. The minimum atomic E-state index is -0.139. The fourth-order valence-corrected chi connectivity index (χ4v) is 2.87. The van der Waals surface area contributed by atoms with Gasteiger partial charge in [0.2, 0.25) is 5.91 Å². The Hall–Kier alpha value is -2.48. The molecule has 2 aromatic rings. The van der Waals surface area contributed by atoms with Crippen LogP contribution in [0.4, 0.5) is 23.0 Å². The molecular formula is C16H22N6OS. The SMILES string of the molecule is CCN(CC)c1ccc(NC(=O)CSc2nc(N)cc(N)n2)cc1. The van der Waals surface area contributed by atoms with Crippen molar-refractivity contribution in [1.82, 2.24) is 9.97 Å². The number of thioether (sulfide) groups is 1. The molecule has 0 saturated heterocycles. The van der Waals surface area contributed by atoms with E-state index in [1.807, 2.05) is 24.3 Å². The second kappa shape index (κ2) is 8.39. The molecule has 1 aromatic carbocycles. The maximum Gasteiger partial charge on any atom is 0.234 e. The summed E-state index contributed by atoms with van der Waals surface area (Å²) in [6.07, 6.45) is 0. The minimum absolute atomic E-state index is 0.139. The van der Waals surface area contributed by atoms with E-state index in [1.54, 1.807) is 0 Å². The fourth-order valence-electron chi connectivity index (χ4n) is 2.20. The van der Waals surface area contributed by atoms with Crippen LogP contribution in [0.15, 0.2) is 35.5 Å². The molecule has 0 aliphatic carbocycles. The van der Waals surface area contributed by atoms with Gasteiger partial charge < -0.3 is 21.7 Å². The van der Waals surface area contributed by atoms with E-state index >= 15 is 0 Å². The molecule has 0 atom stereocenters. The zero-order valence-electron chi connectivity index (χ0n) is 13.8. The van der Waals surface area contributed by atoms with Gasteiger partial charge in [-0.15, -0.1) is 0 Å². The Kier molecular flexibility index (Phi) is 6.25. The van der Waals surface area contributed by atoms with Gasteiger partial charge in [0, 0.05) is 30.5 Å². The monoisotopic (exact) mass is 346 g/mol. The van der Waals surface area contributed by atoms with E-state index in [4.69, 9.17) is 11.5 Å². The van der Waals surface area contributed by atoms with Crippen LogP contribution >= 0.6 is 11.8 Å². The van der Waals surface area contributed by atoms with E-state index in [0.717, 1.165) is 24.5 Å². The van der Waals surface area contributed by atoms with Crippen molar-refractivity contribution in [2.75, 3.05) is 40.5 Å². The van der Waals surface area contributed by atoms with Gasteiger partial charge >= 0.3 is 0 Å². The number of nitrogen functional groups attached to an aromatic ring is 2. The van der Waals surface area contributed by atoms with Crippen LogP contribution in [0.3, 0.4) is 0 Å². The second-order valence-corrected chi connectivity index (χ2v) is 6.00. The summed E-state index contributed by atoms with van der Waals surface area (Å²) in [6, 6.07) is 9.26. The summed E-state index contributed by atoms with van der Waals surface area (Å²) in [5.74, 6) is 0.621. The maximum atomic E-state index is 12.0. The standard InChI is InChI=1S/C16H22N6OS/c1-3-22(4-2)12-7-5-11(6-8-12)19-15(23)10-24-16-20-13(17)9-14(18)21-16/h5-9H,3-4,10H2,1-2H3,(H,19,23)(H4,17,18,20,21). The highest BCUT2D eigenvalue weighted by molar-refractivity contribution is 7.99. The lowest BCUT2D eigenvalue weighted by atomic mass is 10.2. The number of anilines is 4. The number of nitrogens with two attached hydrogens (primary N) is 2. The number of aromatic nitrogens is 2. The summed E-state index contributed by atoms with van der Waals surface area (Å²) >= 11 is 1.19. The Balaban J connectivity index is 1.90. The molecule has 0 radical (unpaired) electrons. The predicted octanol–water partition coefficient (Wildman–Crippen LogP) is 2.22. The second-order valence-electron chi connectivity index (χ2n) is 5.06. The molecule has 0 unspecified atom stereocenters. The Morgan fingerprint density at radius 1 is 1.12 bits per heavy atom. The molecule has 24 heavy (non-hydrogen) atoms. The van der Waals surface area contributed by atoms with E-state index in [9.17, 15) is 4.79 Å². The molecular weight excluding hydrogens is 324 g/mol. The first-order chi connectivity index (χ1) is 11.5. The van der Waals surface area contributed by atoms with Gasteiger partial charge in [-0.3, -0.25) is 4.79 Å². The fraction of sp³-hybridized carbons (Fsp3) is 0.312. The van der Waals surface area contributed by atoms with Crippen molar-refractivity contribution in [3.63, 3.8) is 0 Å². The van der Waals surface area contributed by atoms with E-state index < -0.39 is 0 Å². The van der Waals surface area contributed by atoms with Crippen LogP contribution in [0.2, 0.25) is 0 Å². The quantitative estimate of drug-likeness (QED) is 0.521. The van der Waals surface area contributed by atoms with Crippen LogP contribution in [-0.4, -0.2) is 34.7 Å². The number of carbonyl (C=O) groups excluding carboxylic acids is 1. The van der Waals surface area contributed by atoms with Crippen molar-refractivity contribution >= 4 is 40.7 Å². The van der Waals surface area contributed by atoms with E-state index in [-0.39, 0.29) is 23.3 Å². The molecule has 0 spiro atoms. The van der Waals surface area contributed by atoms with Gasteiger partial charge in [-0.05, 0) is 38.1 Å². The van der Waals surface area contributed by atoms with Crippen molar-refractivity contribution in [3.8, 4) is 0 Å². The zero-order chi connectivity index (χ0) is 17.5. The number of hydrogen-bond donors (Lipinski definition) is 3. The topological polar surface area (TPSA) is 110 Å². The Morgan fingerprint density at radius 2 is 1.71 bits per heavy atom. The molecule has 0 aliphatic rings.